The third kappa shape index (κ3) is 4.44. The molecule has 0 spiro atoms. The second kappa shape index (κ2) is 6.48. The highest BCUT2D eigenvalue weighted by molar-refractivity contribution is 6.76. The van der Waals surface area contributed by atoms with Gasteiger partial charge in [0.25, 0.3) is 0 Å². The maximum atomic E-state index is 13.4. The van der Waals surface area contributed by atoms with Crippen LogP contribution in [0, 0.1) is 0 Å². The van der Waals surface area contributed by atoms with Gasteiger partial charge in [-0.05, 0) is 6.04 Å². The molecule has 0 bridgehead atoms. The number of hydrogen-bond acceptors (Lipinski definition) is 4. The summed E-state index contributed by atoms with van der Waals surface area (Å²) in [6.07, 6.45) is -3.27. The summed E-state index contributed by atoms with van der Waals surface area (Å²) in [6, 6.07) is 2.12. The van der Waals surface area contributed by atoms with Crippen LogP contribution >= 0.6 is 0 Å². The smallest absolute Gasteiger partial charge is 0.433 e. The van der Waals surface area contributed by atoms with E-state index < -0.39 is 19.9 Å². The van der Waals surface area contributed by atoms with Crippen molar-refractivity contribution in [3.63, 3.8) is 0 Å². The summed E-state index contributed by atoms with van der Waals surface area (Å²) >= 11 is 0. The molecule has 5 nitrogen and oxygen atoms in total. The number of alkyl halides is 3. The fourth-order valence-corrected chi connectivity index (χ4v) is 2.81. The molecule has 0 aliphatic carbocycles. The zero-order valence-electron chi connectivity index (χ0n) is 13.6. The SMILES string of the molecule is COc1cc2c(C(F)(F)F)n(COCC[Si](C)(C)C)nc2cn1. The molecule has 0 fully saturated rings. The van der Waals surface area contributed by atoms with Crippen LogP contribution < -0.4 is 4.74 Å². The van der Waals surface area contributed by atoms with Gasteiger partial charge in [0.05, 0.1) is 13.3 Å². The summed E-state index contributed by atoms with van der Waals surface area (Å²) < 4.78 is 51.3. The molecule has 0 aliphatic heterocycles. The highest BCUT2D eigenvalue weighted by atomic mass is 28.3. The normalized spacial score (nSPS) is 12.8. The molecule has 0 radical (unpaired) electrons. The van der Waals surface area contributed by atoms with Crippen molar-refractivity contribution >= 4 is 19.0 Å². The molecule has 0 N–H and O–H groups in total. The van der Waals surface area contributed by atoms with Crippen LogP contribution in [0.4, 0.5) is 13.2 Å². The van der Waals surface area contributed by atoms with Crippen molar-refractivity contribution in [2.75, 3.05) is 13.7 Å². The summed E-state index contributed by atoms with van der Waals surface area (Å²) in [4.78, 5) is 3.89. The average molecular weight is 347 g/mol. The standard InChI is InChI=1S/C14H20F3N3O2Si/c1-21-12-7-10-11(8-18-12)19-20(13(10)14(15,16)17)9-22-5-6-23(2,3)4/h7-8H,5-6,9H2,1-4H3. The molecule has 0 aromatic carbocycles. The van der Waals surface area contributed by atoms with Gasteiger partial charge in [-0.15, -0.1) is 0 Å². The van der Waals surface area contributed by atoms with Crippen LogP contribution in [0.2, 0.25) is 25.7 Å². The summed E-state index contributed by atoms with van der Waals surface area (Å²) in [7, 11) is 0.0593. The highest BCUT2D eigenvalue weighted by Gasteiger charge is 2.38. The van der Waals surface area contributed by atoms with E-state index in [1.165, 1.54) is 19.4 Å². The fraction of sp³-hybridized carbons (Fsp3) is 0.571. The van der Waals surface area contributed by atoms with Crippen molar-refractivity contribution in [2.45, 2.75) is 38.6 Å². The minimum atomic E-state index is -4.54. The maximum Gasteiger partial charge on any atom is 0.433 e. The predicted molar refractivity (Wildman–Crippen MR) is 83.2 cm³/mol. The predicted octanol–water partition coefficient (Wildman–Crippen LogP) is 3.77. The molecule has 2 aromatic heterocycles. The summed E-state index contributed by atoms with van der Waals surface area (Å²) in [5, 5.41) is 3.91. The zero-order valence-corrected chi connectivity index (χ0v) is 14.6. The Morgan fingerprint density at radius 3 is 2.52 bits per heavy atom. The van der Waals surface area contributed by atoms with E-state index in [1.807, 2.05) is 0 Å². The lowest BCUT2D eigenvalue weighted by Gasteiger charge is -2.16. The van der Waals surface area contributed by atoms with E-state index in [2.05, 4.69) is 29.7 Å². The van der Waals surface area contributed by atoms with Gasteiger partial charge in [-0.25, -0.2) is 9.67 Å². The summed E-state index contributed by atoms with van der Waals surface area (Å²) in [5.74, 6) is 0.113. The minimum absolute atomic E-state index is 0.0434. The van der Waals surface area contributed by atoms with E-state index in [4.69, 9.17) is 9.47 Å². The number of rotatable bonds is 6. The minimum Gasteiger partial charge on any atom is -0.481 e. The van der Waals surface area contributed by atoms with E-state index in [0.717, 1.165) is 10.7 Å². The van der Waals surface area contributed by atoms with Crippen LogP contribution in [0.1, 0.15) is 5.69 Å². The third-order valence-electron chi connectivity index (χ3n) is 3.29. The van der Waals surface area contributed by atoms with Crippen LogP contribution in [-0.2, 0) is 17.6 Å². The van der Waals surface area contributed by atoms with E-state index in [9.17, 15) is 13.2 Å². The Morgan fingerprint density at radius 2 is 1.96 bits per heavy atom. The van der Waals surface area contributed by atoms with E-state index in [1.54, 1.807) is 0 Å². The fourth-order valence-electron chi connectivity index (χ4n) is 2.05. The Morgan fingerprint density at radius 1 is 1.26 bits per heavy atom. The van der Waals surface area contributed by atoms with Crippen molar-refractivity contribution in [3.05, 3.63) is 18.0 Å². The summed E-state index contributed by atoms with van der Waals surface area (Å²) in [5.41, 5.74) is -0.687. The number of pyridine rings is 1. The molecular formula is C14H20F3N3O2Si. The molecular weight excluding hydrogens is 327 g/mol. The van der Waals surface area contributed by atoms with Gasteiger partial charge in [0.1, 0.15) is 12.2 Å². The third-order valence-corrected chi connectivity index (χ3v) is 4.99. The molecule has 0 saturated carbocycles. The van der Waals surface area contributed by atoms with Crippen molar-refractivity contribution in [3.8, 4) is 5.88 Å². The molecule has 0 amide bonds. The molecule has 23 heavy (non-hydrogen) atoms. The molecule has 0 aliphatic rings. The molecule has 0 unspecified atom stereocenters. The van der Waals surface area contributed by atoms with Crippen LogP contribution in [0.5, 0.6) is 5.88 Å². The van der Waals surface area contributed by atoms with Crippen molar-refractivity contribution < 1.29 is 22.6 Å². The Balaban J connectivity index is 2.28. The summed E-state index contributed by atoms with van der Waals surface area (Å²) in [6.45, 7) is 6.72. The van der Waals surface area contributed by atoms with Gasteiger partial charge in [0.15, 0.2) is 5.69 Å². The van der Waals surface area contributed by atoms with Gasteiger partial charge in [0, 0.05) is 26.1 Å². The zero-order chi connectivity index (χ0) is 17.3. The van der Waals surface area contributed by atoms with Gasteiger partial charge in [-0.2, -0.15) is 18.3 Å². The number of ether oxygens (including phenoxy) is 2. The Hall–Kier alpha value is -1.61. The van der Waals surface area contributed by atoms with Gasteiger partial charge in [-0.3, -0.25) is 0 Å². The first-order valence-corrected chi connectivity index (χ1v) is 10.9. The Kier molecular flexibility index (Phi) is 5.00. The van der Waals surface area contributed by atoms with Gasteiger partial charge < -0.3 is 9.47 Å². The van der Waals surface area contributed by atoms with Crippen LogP contribution in [0.3, 0.4) is 0 Å². The number of methoxy groups -OCH3 is 1. The second-order valence-electron chi connectivity index (χ2n) is 6.44. The average Bonchev–Trinajstić information content (AvgIpc) is 2.79. The maximum absolute atomic E-state index is 13.4. The van der Waals surface area contributed by atoms with Gasteiger partial charge >= 0.3 is 6.18 Å². The van der Waals surface area contributed by atoms with Crippen molar-refractivity contribution in [1.82, 2.24) is 14.8 Å². The van der Waals surface area contributed by atoms with E-state index in [0.29, 0.717) is 6.61 Å². The molecule has 2 heterocycles. The topological polar surface area (TPSA) is 49.2 Å². The first kappa shape index (κ1) is 17.7. The number of hydrogen-bond donors (Lipinski definition) is 0. The van der Waals surface area contributed by atoms with Crippen LogP contribution in [0.15, 0.2) is 12.3 Å². The Bertz CT molecular complexity index is 680. The van der Waals surface area contributed by atoms with Crippen LogP contribution in [0.25, 0.3) is 10.9 Å². The lowest BCUT2D eigenvalue weighted by molar-refractivity contribution is -0.145. The lowest BCUT2D eigenvalue weighted by atomic mass is 10.2. The number of nitrogens with zero attached hydrogens (tertiary/aromatic N) is 3. The lowest BCUT2D eigenvalue weighted by Crippen LogP contribution is -2.23. The second-order valence-corrected chi connectivity index (χ2v) is 12.1. The van der Waals surface area contributed by atoms with Gasteiger partial charge in [-0.1, -0.05) is 19.6 Å². The molecule has 9 heteroatoms. The molecule has 0 saturated heterocycles. The number of halogens is 3. The molecule has 2 rings (SSSR count). The number of aromatic nitrogens is 3. The molecule has 128 valence electrons. The number of fused-ring (bicyclic) bond motifs is 1. The monoisotopic (exact) mass is 347 g/mol. The highest BCUT2D eigenvalue weighted by Crippen LogP contribution is 2.35. The van der Waals surface area contributed by atoms with E-state index in [-0.39, 0.29) is 23.5 Å². The molecule has 2 aromatic rings. The van der Waals surface area contributed by atoms with Gasteiger partial charge in [0.2, 0.25) is 5.88 Å². The first-order chi connectivity index (χ1) is 10.6. The first-order valence-electron chi connectivity index (χ1n) is 7.17. The van der Waals surface area contributed by atoms with Crippen molar-refractivity contribution in [2.24, 2.45) is 0 Å². The Labute approximate surface area is 133 Å². The van der Waals surface area contributed by atoms with E-state index >= 15 is 0 Å². The van der Waals surface area contributed by atoms with Crippen LogP contribution in [-0.4, -0.2) is 36.6 Å². The quantitative estimate of drug-likeness (QED) is 0.589. The largest absolute Gasteiger partial charge is 0.481 e. The molecule has 0 atom stereocenters. The van der Waals surface area contributed by atoms with Crippen molar-refractivity contribution in [1.29, 1.82) is 0 Å².